The largest absolute Gasteiger partial charge is 0.398 e. The van der Waals surface area contributed by atoms with Crippen LogP contribution in [-0.4, -0.2) is 11.9 Å². The van der Waals surface area contributed by atoms with E-state index >= 15 is 0 Å². The Hall–Kier alpha value is -1.80. The average Bonchev–Trinajstić information content (AvgIpc) is 2.73. The van der Waals surface area contributed by atoms with Crippen LogP contribution >= 0.6 is 0 Å². The van der Waals surface area contributed by atoms with E-state index in [1.54, 1.807) is 0 Å². The maximum Gasteiger partial charge on any atom is 0.0363 e. The molecule has 17 heavy (non-hydrogen) atoms. The minimum atomic E-state index is 0.920. The van der Waals surface area contributed by atoms with Gasteiger partial charge in [0.1, 0.15) is 0 Å². The van der Waals surface area contributed by atoms with Gasteiger partial charge < -0.3 is 5.73 Å². The fourth-order valence-corrected chi connectivity index (χ4v) is 2.56. The zero-order chi connectivity index (χ0) is 11.8. The molecule has 0 bridgehead atoms. The number of hydrogen-bond donors (Lipinski definition) is 1. The summed E-state index contributed by atoms with van der Waals surface area (Å²) in [5.74, 6) is 0. The molecule has 0 amide bonds. The molecule has 2 nitrogen and oxygen atoms in total. The smallest absolute Gasteiger partial charge is 0.0363 e. The summed E-state index contributed by atoms with van der Waals surface area (Å²) in [6.07, 6.45) is 0. The Balaban J connectivity index is 2.18. The first-order valence-electron chi connectivity index (χ1n) is 5.90. The first kappa shape index (κ1) is 10.4. The van der Waals surface area contributed by atoms with Gasteiger partial charge in [0.2, 0.25) is 0 Å². The van der Waals surface area contributed by atoms with Crippen molar-refractivity contribution in [2.45, 2.75) is 13.1 Å². The topological polar surface area (TPSA) is 29.3 Å². The Labute approximate surface area is 102 Å². The van der Waals surface area contributed by atoms with Crippen LogP contribution in [0.4, 0.5) is 5.69 Å². The molecule has 0 radical (unpaired) electrons. The maximum absolute atomic E-state index is 6.05. The second-order valence-corrected chi connectivity index (χ2v) is 4.70. The molecule has 2 heteroatoms. The third-order valence-corrected chi connectivity index (χ3v) is 3.41. The lowest BCUT2D eigenvalue weighted by Crippen LogP contribution is -2.08. The van der Waals surface area contributed by atoms with Gasteiger partial charge in [0.05, 0.1) is 0 Å². The number of fused-ring (bicyclic) bond motifs is 1. The first-order valence-corrected chi connectivity index (χ1v) is 5.90. The molecule has 2 N–H and O–H groups in total. The number of anilines is 1. The number of rotatable bonds is 1. The van der Waals surface area contributed by atoms with Crippen LogP contribution in [0.15, 0.2) is 42.5 Å². The maximum atomic E-state index is 6.05. The van der Waals surface area contributed by atoms with Crippen molar-refractivity contribution in [3.8, 4) is 11.1 Å². The molecule has 0 fully saturated rings. The zero-order valence-corrected chi connectivity index (χ0v) is 9.98. The van der Waals surface area contributed by atoms with E-state index in [4.69, 9.17) is 5.73 Å². The summed E-state index contributed by atoms with van der Waals surface area (Å²) < 4.78 is 0. The third-order valence-electron chi connectivity index (χ3n) is 3.41. The predicted molar refractivity (Wildman–Crippen MR) is 71.5 cm³/mol. The summed E-state index contributed by atoms with van der Waals surface area (Å²) in [4.78, 5) is 2.30. The van der Waals surface area contributed by atoms with Crippen LogP contribution in [0, 0.1) is 0 Å². The lowest BCUT2D eigenvalue weighted by atomic mass is 9.96. The van der Waals surface area contributed by atoms with Gasteiger partial charge in [-0.3, -0.25) is 4.90 Å². The van der Waals surface area contributed by atoms with Crippen LogP contribution in [0.1, 0.15) is 11.1 Å². The van der Waals surface area contributed by atoms with Crippen LogP contribution in [-0.2, 0) is 13.1 Å². The van der Waals surface area contributed by atoms with Gasteiger partial charge in [0, 0.05) is 18.8 Å². The molecular formula is C15H16N2. The molecule has 3 rings (SSSR count). The van der Waals surface area contributed by atoms with Gasteiger partial charge in [-0.1, -0.05) is 36.4 Å². The highest BCUT2D eigenvalue weighted by Crippen LogP contribution is 2.35. The van der Waals surface area contributed by atoms with E-state index in [9.17, 15) is 0 Å². The van der Waals surface area contributed by atoms with Crippen molar-refractivity contribution in [2.24, 2.45) is 0 Å². The second-order valence-electron chi connectivity index (χ2n) is 4.70. The molecule has 1 aliphatic heterocycles. The normalized spacial score (nSPS) is 14.9. The van der Waals surface area contributed by atoms with Crippen LogP contribution in [0.3, 0.4) is 0 Å². The van der Waals surface area contributed by atoms with Crippen molar-refractivity contribution in [2.75, 3.05) is 12.8 Å². The van der Waals surface area contributed by atoms with Gasteiger partial charge in [-0.2, -0.15) is 0 Å². The van der Waals surface area contributed by atoms with Crippen molar-refractivity contribution in [1.29, 1.82) is 0 Å². The lowest BCUT2D eigenvalue weighted by molar-refractivity contribution is 0.353. The Morgan fingerprint density at radius 2 is 1.65 bits per heavy atom. The number of nitrogen functional groups attached to an aromatic ring is 1. The standard InChI is InChI=1S/C15H16N2/c1-17-9-13-12(11-5-3-2-4-6-11)7-8-15(16)14(13)10-17/h2-8H,9-10,16H2,1H3. The van der Waals surface area contributed by atoms with E-state index in [-0.39, 0.29) is 0 Å². The summed E-state index contributed by atoms with van der Waals surface area (Å²) in [6.45, 7) is 1.95. The monoisotopic (exact) mass is 224 g/mol. The molecular weight excluding hydrogens is 208 g/mol. The molecule has 0 aliphatic carbocycles. The average molecular weight is 224 g/mol. The van der Waals surface area contributed by atoms with Gasteiger partial charge in [0.25, 0.3) is 0 Å². The Morgan fingerprint density at radius 3 is 2.41 bits per heavy atom. The van der Waals surface area contributed by atoms with Crippen LogP contribution in [0.25, 0.3) is 11.1 Å². The van der Waals surface area contributed by atoms with Crippen LogP contribution < -0.4 is 5.73 Å². The number of nitrogens with two attached hydrogens (primary N) is 1. The second kappa shape index (κ2) is 3.90. The summed E-state index contributed by atoms with van der Waals surface area (Å²) >= 11 is 0. The number of hydrogen-bond acceptors (Lipinski definition) is 2. The number of nitrogens with zero attached hydrogens (tertiary/aromatic N) is 1. The molecule has 0 saturated carbocycles. The molecule has 0 spiro atoms. The predicted octanol–water partition coefficient (Wildman–Crippen LogP) is 2.88. The highest BCUT2D eigenvalue weighted by Gasteiger charge is 2.21. The number of benzene rings is 2. The van der Waals surface area contributed by atoms with Gasteiger partial charge in [0.15, 0.2) is 0 Å². The quantitative estimate of drug-likeness (QED) is 0.755. The summed E-state index contributed by atoms with van der Waals surface area (Å²) in [7, 11) is 2.13. The fourth-order valence-electron chi connectivity index (χ4n) is 2.56. The Bertz CT molecular complexity index is 546. The molecule has 2 aromatic carbocycles. The van der Waals surface area contributed by atoms with Crippen molar-refractivity contribution in [3.05, 3.63) is 53.6 Å². The van der Waals surface area contributed by atoms with E-state index in [1.165, 1.54) is 22.3 Å². The van der Waals surface area contributed by atoms with E-state index < -0.39 is 0 Å². The van der Waals surface area contributed by atoms with Gasteiger partial charge in [-0.15, -0.1) is 0 Å². The van der Waals surface area contributed by atoms with E-state index in [0.717, 1.165) is 18.8 Å². The Morgan fingerprint density at radius 1 is 0.941 bits per heavy atom. The Kier molecular flexibility index (Phi) is 2.37. The van der Waals surface area contributed by atoms with E-state index in [1.807, 2.05) is 12.1 Å². The molecule has 0 atom stereocenters. The molecule has 2 aromatic rings. The molecule has 1 heterocycles. The summed E-state index contributed by atoms with van der Waals surface area (Å²) in [5, 5.41) is 0. The van der Waals surface area contributed by atoms with Crippen molar-refractivity contribution < 1.29 is 0 Å². The molecule has 86 valence electrons. The van der Waals surface area contributed by atoms with Gasteiger partial charge in [-0.05, 0) is 35.4 Å². The highest BCUT2D eigenvalue weighted by molar-refractivity contribution is 5.73. The summed E-state index contributed by atoms with van der Waals surface area (Å²) in [5.41, 5.74) is 12.3. The minimum Gasteiger partial charge on any atom is -0.398 e. The first-order chi connectivity index (χ1) is 8.25. The van der Waals surface area contributed by atoms with Crippen LogP contribution in [0.5, 0.6) is 0 Å². The van der Waals surface area contributed by atoms with Gasteiger partial charge >= 0.3 is 0 Å². The van der Waals surface area contributed by atoms with Gasteiger partial charge in [-0.25, -0.2) is 0 Å². The minimum absolute atomic E-state index is 0.920. The molecule has 0 aromatic heterocycles. The SMILES string of the molecule is CN1Cc2c(N)ccc(-c3ccccc3)c2C1. The van der Waals surface area contributed by atoms with E-state index in [0.29, 0.717) is 0 Å². The highest BCUT2D eigenvalue weighted by atomic mass is 15.1. The molecule has 0 saturated heterocycles. The van der Waals surface area contributed by atoms with Crippen LogP contribution in [0.2, 0.25) is 0 Å². The fraction of sp³-hybridized carbons (Fsp3) is 0.200. The van der Waals surface area contributed by atoms with Crippen molar-refractivity contribution >= 4 is 5.69 Å². The summed E-state index contributed by atoms with van der Waals surface area (Å²) in [6, 6.07) is 14.7. The molecule has 1 aliphatic rings. The van der Waals surface area contributed by atoms with E-state index in [2.05, 4.69) is 42.3 Å². The lowest BCUT2D eigenvalue weighted by Gasteiger charge is -2.10. The third kappa shape index (κ3) is 1.71. The van der Waals surface area contributed by atoms with Crippen molar-refractivity contribution in [3.63, 3.8) is 0 Å². The molecule has 0 unspecified atom stereocenters. The van der Waals surface area contributed by atoms with Crippen molar-refractivity contribution in [1.82, 2.24) is 4.90 Å². The zero-order valence-electron chi connectivity index (χ0n) is 9.98.